The van der Waals surface area contributed by atoms with E-state index in [0.717, 1.165) is 24.9 Å². The number of hydrogen-bond donors (Lipinski definition) is 1. The summed E-state index contributed by atoms with van der Waals surface area (Å²) in [5.74, 6) is -0.454. The molecule has 2 aliphatic rings. The van der Waals surface area contributed by atoms with Crippen LogP contribution in [-0.2, 0) is 9.63 Å². The molecule has 1 aromatic carbocycles. The Morgan fingerprint density at radius 3 is 2.59 bits per heavy atom. The zero-order valence-electron chi connectivity index (χ0n) is 12.5. The van der Waals surface area contributed by atoms with Crippen molar-refractivity contribution in [2.24, 2.45) is 10.9 Å². The van der Waals surface area contributed by atoms with E-state index in [9.17, 15) is 9.59 Å². The summed E-state index contributed by atoms with van der Waals surface area (Å²) in [6.45, 7) is 2.90. The van der Waals surface area contributed by atoms with Gasteiger partial charge in [-0.05, 0) is 37.5 Å². The maximum Gasteiger partial charge on any atom is 0.261 e. The Morgan fingerprint density at radius 2 is 2.05 bits per heavy atom. The summed E-state index contributed by atoms with van der Waals surface area (Å²) in [4.78, 5) is 30.4. The van der Waals surface area contributed by atoms with Crippen LogP contribution in [0.2, 0.25) is 0 Å². The van der Waals surface area contributed by atoms with Gasteiger partial charge in [-0.3, -0.25) is 9.59 Å². The van der Waals surface area contributed by atoms with Crippen molar-refractivity contribution in [1.29, 1.82) is 0 Å². The monoisotopic (exact) mass is 301 g/mol. The first-order chi connectivity index (χ1) is 10.6. The van der Waals surface area contributed by atoms with E-state index in [-0.39, 0.29) is 5.91 Å². The van der Waals surface area contributed by atoms with Crippen LogP contribution < -0.4 is 5.73 Å². The van der Waals surface area contributed by atoms with Crippen molar-refractivity contribution in [2.75, 3.05) is 6.54 Å². The molecular formula is C16H19N3O3. The molecule has 1 fully saturated rings. The van der Waals surface area contributed by atoms with Crippen molar-refractivity contribution in [3.63, 3.8) is 0 Å². The van der Waals surface area contributed by atoms with Gasteiger partial charge in [0.2, 0.25) is 6.10 Å². The number of nitrogens with zero attached hydrogens (tertiary/aromatic N) is 2. The Morgan fingerprint density at radius 1 is 1.32 bits per heavy atom. The average molecular weight is 301 g/mol. The quantitative estimate of drug-likeness (QED) is 0.913. The predicted molar refractivity (Wildman–Crippen MR) is 81.4 cm³/mol. The Hall–Kier alpha value is -2.37. The lowest BCUT2D eigenvalue weighted by atomic mass is 10.0. The first-order valence-electron chi connectivity index (χ1n) is 7.49. The number of nitrogens with two attached hydrogens (primary N) is 1. The molecule has 0 saturated carbocycles. The number of amides is 2. The molecule has 6 heteroatoms. The van der Waals surface area contributed by atoms with Crippen molar-refractivity contribution in [3.8, 4) is 0 Å². The highest BCUT2D eigenvalue weighted by Crippen LogP contribution is 2.21. The lowest BCUT2D eigenvalue weighted by molar-refractivity contribution is -0.127. The molecule has 2 unspecified atom stereocenters. The number of carbonyl (C=O) groups is 2. The Bertz CT molecular complexity index is 624. The van der Waals surface area contributed by atoms with Gasteiger partial charge in [0.1, 0.15) is 0 Å². The summed E-state index contributed by atoms with van der Waals surface area (Å²) in [6, 6.07) is 7.56. The van der Waals surface area contributed by atoms with E-state index >= 15 is 0 Å². The standard InChI is InChI=1S/C16H19N3O3/c1-10-3-2-8-19(10)16(21)12-6-4-11(5-7-12)13-9-14(15(17)20)22-18-13/h4-7,10,14H,2-3,8-9H2,1H3,(H2,17,20). The molecule has 2 atom stereocenters. The first kappa shape index (κ1) is 14.6. The number of oxime groups is 1. The molecule has 0 radical (unpaired) electrons. The van der Waals surface area contributed by atoms with Crippen LogP contribution in [0.25, 0.3) is 0 Å². The van der Waals surface area contributed by atoms with E-state index in [1.807, 2.05) is 17.0 Å². The van der Waals surface area contributed by atoms with Gasteiger partial charge in [0.15, 0.2) is 0 Å². The second-order valence-electron chi connectivity index (χ2n) is 5.81. The van der Waals surface area contributed by atoms with Gasteiger partial charge in [0, 0.05) is 24.6 Å². The maximum absolute atomic E-state index is 12.4. The van der Waals surface area contributed by atoms with Crippen LogP contribution in [0.1, 0.15) is 42.1 Å². The third kappa shape index (κ3) is 2.68. The number of hydrogen-bond acceptors (Lipinski definition) is 4. The van der Waals surface area contributed by atoms with E-state index in [1.54, 1.807) is 12.1 Å². The summed E-state index contributed by atoms with van der Waals surface area (Å²) < 4.78 is 0. The summed E-state index contributed by atoms with van der Waals surface area (Å²) in [5, 5.41) is 3.89. The smallest absolute Gasteiger partial charge is 0.261 e. The fourth-order valence-electron chi connectivity index (χ4n) is 2.91. The van der Waals surface area contributed by atoms with Gasteiger partial charge in [0.05, 0.1) is 5.71 Å². The Balaban J connectivity index is 1.71. The summed E-state index contributed by atoms with van der Waals surface area (Å²) in [6.07, 6.45) is 1.80. The molecule has 2 N–H and O–H groups in total. The minimum Gasteiger partial charge on any atom is -0.382 e. The van der Waals surface area contributed by atoms with Gasteiger partial charge in [0.25, 0.3) is 11.8 Å². The van der Waals surface area contributed by atoms with Crippen LogP contribution in [0.15, 0.2) is 29.4 Å². The van der Waals surface area contributed by atoms with Gasteiger partial charge < -0.3 is 15.5 Å². The van der Waals surface area contributed by atoms with E-state index in [1.165, 1.54) is 0 Å². The van der Waals surface area contributed by atoms with Crippen LogP contribution in [0.4, 0.5) is 0 Å². The SMILES string of the molecule is CC1CCCN1C(=O)c1ccc(C2=NOC(C(N)=O)C2)cc1. The van der Waals surface area contributed by atoms with Crippen molar-refractivity contribution in [1.82, 2.24) is 4.90 Å². The molecular weight excluding hydrogens is 282 g/mol. The van der Waals surface area contributed by atoms with Gasteiger partial charge in [-0.1, -0.05) is 17.3 Å². The molecule has 0 spiro atoms. The molecule has 0 aliphatic carbocycles. The summed E-state index contributed by atoms with van der Waals surface area (Å²) in [5.41, 5.74) is 7.39. The van der Waals surface area contributed by atoms with Gasteiger partial charge >= 0.3 is 0 Å². The highest BCUT2D eigenvalue weighted by molar-refractivity contribution is 6.04. The third-order valence-corrected chi connectivity index (χ3v) is 4.27. The normalized spacial score (nSPS) is 24.0. The second kappa shape index (κ2) is 5.79. The van der Waals surface area contributed by atoms with Crippen LogP contribution in [0.5, 0.6) is 0 Å². The molecule has 2 amide bonds. The molecule has 116 valence electrons. The minimum atomic E-state index is -0.693. The van der Waals surface area contributed by atoms with Crippen LogP contribution in [0.3, 0.4) is 0 Å². The highest BCUT2D eigenvalue weighted by Gasteiger charge is 2.28. The first-order valence-corrected chi connectivity index (χ1v) is 7.49. The van der Waals surface area contributed by atoms with Crippen molar-refractivity contribution < 1.29 is 14.4 Å². The van der Waals surface area contributed by atoms with E-state index < -0.39 is 12.0 Å². The number of likely N-dealkylation sites (tertiary alicyclic amines) is 1. The zero-order chi connectivity index (χ0) is 15.7. The number of primary amides is 1. The van der Waals surface area contributed by atoms with E-state index in [0.29, 0.717) is 23.7 Å². The van der Waals surface area contributed by atoms with Gasteiger partial charge in [-0.2, -0.15) is 0 Å². The van der Waals surface area contributed by atoms with Crippen molar-refractivity contribution >= 4 is 17.5 Å². The molecule has 0 bridgehead atoms. The minimum absolute atomic E-state index is 0.0659. The van der Waals surface area contributed by atoms with Gasteiger partial charge in [-0.15, -0.1) is 0 Å². The Labute approximate surface area is 128 Å². The van der Waals surface area contributed by atoms with Crippen molar-refractivity contribution in [3.05, 3.63) is 35.4 Å². The fraction of sp³-hybridized carbons (Fsp3) is 0.438. The average Bonchev–Trinajstić information content (AvgIpc) is 3.15. The summed E-state index contributed by atoms with van der Waals surface area (Å²) in [7, 11) is 0. The highest BCUT2D eigenvalue weighted by atomic mass is 16.6. The molecule has 6 nitrogen and oxygen atoms in total. The molecule has 1 saturated heterocycles. The Kier molecular flexibility index (Phi) is 3.83. The fourth-order valence-corrected chi connectivity index (χ4v) is 2.91. The number of carbonyl (C=O) groups excluding carboxylic acids is 2. The molecule has 22 heavy (non-hydrogen) atoms. The van der Waals surface area contributed by atoms with E-state index in [2.05, 4.69) is 12.1 Å². The van der Waals surface area contributed by atoms with Crippen LogP contribution in [0, 0.1) is 0 Å². The van der Waals surface area contributed by atoms with E-state index in [4.69, 9.17) is 10.6 Å². The van der Waals surface area contributed by atoms with Crippen molar-refractivity contribution in [2.45, 2.75) is 38.3 Å². The summed E-state index contributed by atoms with van der Waals surface area (Å²) >= 11 is 0. The lowest BCUT2D eigenvalue weighted by Crippen LogP contribution is -2.33. The van der Waals surface area contributed by atoms with Crippen LogP contribution in [-0.4, -0.2) is 41.1 Å². The lowest BCUT2D eigenvalue weighted by Gasteiger charge is -2.21. The number of benzene rings is 1. The zero-order valence-corrected chi connectivity index (χ0v) is 12.5. The number of rotatable bonds is 3. The third-order valence-electron chi connectivity index (χ3n) is 4.27. The molecule has 2 aliphatic heterocycles. The second-order valence-corrected chi connectivity index (χ2v) is 5.81. The van der Waals surface area contributed by atoms with Crippen LogP contribution >= 0.6 is 0 Å². The molecule has 2 heterocycles. The van der Waals surface area contributed by atoms with Gasteiger partial charge in [-0.25, -0.2) is 0 Å². The molecule has 1 aromatic rings. The predicted octanol–water partition coefficient (Wildman–Crippen LogP) is 1.29. The molecule has 3 rings (SSSR count). The topological polar surface area (TPSA) is 85.0 Å². The maximum atomic E-state index is 12.4. The molecule has 0 aromatic heterocycles. The largest absolute Gasteiger partial charge is 0.382 e.